The lowest BCUT2D eigenvalue weighted by Gasteiger charge is -2.03. The van der Waals surface area contributed by atoms with Crippen molar-refractivity contribution < 1.29 is 4.79 Å². The van der Waals surface area contributed by atoms with Gasteiger partial charge in [-0.15, -0.1) is 0 Å². The molecule has 0 saturated carbocycles. The van der Waals surface area contributed by atoms with E-state index in [0.717, 1.165) is 24.9 Å². The van der Waals surface area contributed by atoms with Gasteiger partial charge in [-0.1, -0.05) is 30.4 Å². The van der Waals surface area contributed by atoms with E-state index in [1.165, 1.54) is 10.9 Å². The Bertz CT molecular complexity index is 569. The van der Waals surface area contributed by atoms with Gasteiger partial charge < -0.3 is 10.3 Å². The largest absolute Gasteiger partial charge is 0.361 e. The zero-order chi connectivity index (χ0) is 13.5. The van der Waals surface area contributed by atoms with Crippen LogP contribution in [0.5, 0.6) is 0 Å². The van der Waals surface area contributed by atoms with Gasteiger partial charge in [0.05, 0.1) is 0 Å². The highest BCUT2D eigenvalue weighted by Gasteiger charge is 2.05. The van der Waals surface area contributed by atoms with Gasteiger partial charge in [0.25, 0.3) is 0 Å². The molecule has 1 heterocycles. The van der Waals surface area contributed by atoms with E-state index in [0.29, 0.717) is 6.42 Å². The molecule has 3 nitrogen and oxygen atoms in total. The number of amides is 1. The average molecular weight is 256 g/mol. The Balaban J connectivity index is 1.83. The minimum atomic E-state index is 0.120. The molecule has 0 aliphatic rings. The third kappa shape index (κ3) is 3.71. The maximum atomic E-state index is 11.7. The highest BCUT2D eigenvalue weighted by Crippen LogP contribution is 2.18. The molecule has 0 aliphatic heterocycles. The van der Waals surface area contributed by atoms with Crippen LogP contribution < -0.4 is 5.32 Å². The summed E-state index contributed by atoms with van der Waals surface area (Å²) >= 11 is 0. The van der Waals surface area contributed by atoms with E-state index >= 15 is 0 Å². The topological polar surface area (TPSA) is 44.9 Å². The summed E-state index contributed by atoms with van der Waals surface area (Å²) < 4.78 is 0. The molecule has 0 radical (unpaired) electrons. The number of fused-ring (bicyclic) bond motifs is 1. The quantitative estimate of drug-likeness (QED) is 0.605. The Morgan fingerprint density at radius 1 is 1.37 bits per heavy atom. The number of aromatic nitrogens is 1. The lowest BCUT2D eigenvalue weighted by Crippen LogP contribution is -2.24. The number of para-hydroxylation sites is 1. The van der Waals surface area contributed by atoms with Crippen LogP contribution in [-0.4, -0.2) is 17.4 Å². The SMILES string of the molecule is C/C=C/CCNC(=O)CCc1c[nH]c2ccccc12. The molecule has 2 N–H and O–H groups in total. The smallest absolute Gasteiger partial charge is 0.220 e. The maximum Gasteiger partial charge on any atom is 0.220 e. The number of rotatable bonds is 6. The van der Waals surface area contributed by atoms with E-state index in [1.807, 2.05) is 31.3 Å². The molecule has 2 aromatic rings. The summed E-state index contributed by atoms with van der Waals surface area (Å²) in [5.41, 5.74) is 2.34. The summed E-state index contributed by atoms with van der Waals surface area (Å²) in [5.74, 6) is 0.120. The summed E-state index contributed by atoms with van der Waals surface area (Å²) in [7, 11) is 0. The predicted octanol–water partition coefficient (Wildman–Crippen LogP) is 3.18. The number of aryl methyl sites for hydroxylation is 1. The third-order valence-electron chi connectivity index (χ3n) is 3.17. The molecule has 2 rings (SSSR count). The number of hydrogen-bond acceptors (Lipinski definition) is 1. The van der Waals surface area contributed by atoms with Crippen molar-refractivity contribution >= 4 is 16.8 Å². The van der Waals surface area contributed by atoms with Gasteiger partial charge in [-0.25, -0.2) is 0 Å². The molecule has 1 amide bonds. The first-order chi connectivity index (χ1) is 9.31. The standard InChI is InChI=1S/C16H20N2O/c1-2-3-6-11-17-16(19)10-9-13-12-18-15-8-5-4-7-14(13)15/h2-5,7-8,12,18H,6,9-11H2,1H3,(H,17,19)/b3-2+. The Labute approximate surface area is 113 Å². The molecule has 0 saturated heterocycles. The Morgan fingerprint density at radius 3 is 3.05 bits per heavy atom. The normalized spacial score (nSPS) is 11.2. The molecule has 1 aromatic carbocycles. The van der Waals surface area contributed by atoms with Crippen molar-refractivity contribution in [1.82, 2.24) is 10.3 Å². The second-order valence-corrected chi connectivity index (χ2v) is 4.57. The molecule has 0 atom stereocenters. The molecule has 0 spiro atoms. The van der Waals surface area contributed by atoms with Crippen LogP contribution in [0.15, 0.2) is 42.6 Å². The fourth-order valence-corrected chi connectivity index (χ4v) is 2.14. The molecule has 100 valence electrons. The number of H-pyrrole nitrogens is 1. The van der Waals surface area contributed by atoms with Gasteiger partial charge in [0.2, 0.25) is 5.91 Å². The second-order valence-electron chi connectivity index (χ2n) is 4.57. The summed E-state index contributed by atoms with van der Waals surface area (Å²) in [6, 6.07) is 8.18. The monoisotopic (exact) mass is 256 g/mol. The van der Waals surface area contributed by atoms with Gasteiger partial charge in [-0.2, -0.15) is 0 Å². The van der Waals surface area contributed by atoms with Crippen LogP contribution in [0.4, 0.5) is 0 Å². The molecular formula is C16H20N2O. The lowest BCUT2D eigenvalue weighted by molar-refractivity contribution is -0.121. The zero-order valence-electron chi connectivity index (χ0n) is 11.3. The minimum Gasteiger partial charge on any atom is -0.361 e. The van der Waals surface area contributed by atoms with Crippen molar-refractivity contribution in [3.8, 4) is 0 Å². The molecule has 0 bridgehead atoms. The Hall–Kier alpha value is -2.03. The van der Waals surface area contributed by atoms with E-state index in [-0.39, 0.29) is 5.91 Å². The number of nitrogens with one attached hydrogen (secondary N) is 2. The van der Waals surface area contributed by atoms with Crippen molar-refractivity contribution in [2.24, 2.45) is 0 Å². The summed E-state index contributed by atoms with van der Waals surface area (Å²) in [6.07, 6.45) is 8.27. The number of allylic oxidation sites excluding steroid dienone is 1. The molecular weight excluding hydrogens is 236 g/mol. The number of hydrogen-bond donors (Lipinski definition) is 2. The van der Waals surface area contributed by atoms with Gasteiger partial charge in [0.15, 0.2) is 0 Å². The van der Waals surface area contributed by atoms with Crippen molar-refractivity contribution in [3.05, 3.63) is 48.2 Å². The van der Waals surface area contributed by atoms with Crippen LogP contribution in [0.25, 0.3) is 10.9 Å². The van der Waals surface area contributed by atoms with Gasteiger partial charge in [-0.3, -0.25) is 4.79 Å². The number of carbonyl (C=O) groups excluding carboxylic acids is 1. The van der Waals surface area contributed by atoms with Crippen LogP contribution >= 0.6 is 0 Å². The first-order valence-corrected chi connectivity index (χ1v) is 6.74. The van der Waals surface area contributed by atoms with E-state index in [4.69, 9.17) is 0 Å². The molecule has 0 aliphatic carbocycles. The molecule has 3 heteroatoms. The fraction of sp³-hybridized carbons (Fsp3) is 0.312. The van der Waals surface area contributed by atoms with E-state index in [9.17, 15) is 4.79 Å². The zero-order valence-corrected chi connectivity index (χ0v) is 11.3. The summed E-state index contributed by atoms with van der Waals surface area (Å²) in [6.45, 7) is 2.70. The Morgan fingerprint density at radius 2 is 2.21 bits per heavy atom. The average Bonchev–Trinajstić information content (AvgIpc) is 2.85. The van der Waals surface area contributed by atoms with Crippen molar-refractivity contribution in [3.63, 3.8) is 0 Å². The number of aromatic amines is 1. The van der Waals surface area contributed by atoms with Gasteiger partial charge in [-0.05, 0) is 31.4 Å². The highest BCUT2D eigenvalue weighted by atomic mass is 16.1. The van der Waals surface area contributed by atoms with Crippen LogP contribution in [-0.2, 0) is 11.2 Å². The Kier molecular flexibility index (Phi) is 4.78. The van der Waals surface area contributed by atoms with Gasteiger partial charge in [0, 0.05) is 30.1 Å². The number of carbonyl (C=O) groups is 1. The molecule has 0 unspecified atom stereocenters. The van der Waals surface area contributed by atoms with Crippen LogP contribution in [0.1, 0.15) is 25.3 Å². The van der Waals surface area contributed by atoms with Crippen LogP contribution in [0.2, 0.25) is 0 Å². The van der Waals surface area contributed by atoms with E-state index < -0.39 is 0 Å². The van der Waals surface area contributed by atoms with Gasteiger partial charge >= 0.3 is 0 Å². The van der Waals surface area contributed by atoms with Crippen molar-refractivity contribution in [1.29, 1.82) is 0 Å². The summed E-state index contributed by atoms with van der Waals surface area (Å²) in [4.78, 5) is 14.9. The predicted molar refractivity (Wildman–Crippen MR) is 79.1 cm³/mol. The number of benzene rings is 1. The minimum absolute atomic E-state index is 0.120. The molecule has 19 heavy (non-hydrogen) atoms. The lowest BCUT2D eigenvalue weighted by atomic mass is 10.1. The van der Waals surface area contributed by atoms with Crippen LogP contribution in [0, 0.1) is 0 Å². The maximum absolute atomic E-state index is 11.7. The molecule has 1 aromatic heterocycles. The first kappa shape index (κ1) is 13.4. The van der Waals surface area contributed by atoms with Crippen molar-refractivity contribution in [2.75, 3.05) is 6.54 Å². The second kappa shape index (κ2) is 6.78. The first-order valence-electron chi connectivity index (χ1n) is 6.74. The fourth-order valence-electron chi connectivity index (χ4n) is 2.14. The van der Waals surface area contributed by atoms with Crippen LogP contribution in [0.3, 0.4) is 0 Å². The molecule has 0 fully saturated rings. The summed E-state index contributed by atoms with van der Waals surface area (Å²) in [5, 5.41) is 4.14. The van der Waals surface area contributed by atoms with Gasteiger partial charge in [0.1, 0.15) is 0 Å². The third-order valence-corrected chi connectivity index (χ3v) is 3.17. The van der Waals surface area contributed by atoms with E-state index in [1.54, 1.807) is 0 Å². The van der Waals surface area contributed by atoms with Crippen molar-refractivity contribution in [2.45, 2.75) is 26.2 Å². The van der Waals surface area contributed by atoms with E-state index in [2.05, 4.69) is 28.5 Å². The highest BCUT2D eigenvalue weighted by molar-refractivity contribution is 5.84.